The molecule has 0 bridgehead atoms. The lowest BCUT2D eigenvalue weighted by molar-refractivity contribution is 0.319. The molecule has 2 fully saturated rings. The Bertz CT molecular complexity index is 319. The fourth-order valence-electron chi connectivity index (χ4n) is 2.51. The minimum Gasteiger partial charge on any atom is -0.330 e. The van der Waals surface area contributed by atoms with E-state index in [9.17, 15) is 8.42 Å². The number of nitrogens with zero attached hydrogens (tertiary/aromatic N) is 1. The number of hydrogen-bond acceptors (Lipinski definition) is 3. The summed E-state index contributed by atoms with van der Waals surface area (Å²) in [6.07, 6.45) is 6.91. The lowest BCUT2D eigenvalue weighted by Gasteiger charge is -2.28. The van der Waals surface area contributed by atoms with E-state index < -0.39 is 10.0 Å². The van der Waals surface area contributed by atoms with Crippen LogP contribution in [-0.4, -0.2) is 37.1 Å². The molecule has 0 spiro atoms. The smallest absolute Gasteiger partial charge is 0.217 e. The minimum atomic E-state index is -3.01. The van der Waals surface area contributed by atoms with Crippen LogP contribution < -0.4 is 5.73 Å². The van der Waals surface area contributed by atoms with Crippen molar-refractivity contribution >= 4 is 10.0 Å². The molecule has 0 aromatic rings. The van der Waals surface area contributed by atoms with Crippen LogP contribution in [-0.2, 0) is 10.0 Å². The molecule has 16 heavy (non-hydrogen) atoms. The van der Waals surface area contributed by atoms with Gasteiger partial charge in [0.05, 0.1) is 5.25 Å². The maximum atomic E-state index is 12.3. The van der Waals surface area contributed by atoms with Crippen molar-refractivity contribution in [2.45, 2.75) is 56.2 Å². The van der Waals surface area contributed by atoms with Crippen molar-refractivity contribution in [2.24, 2.45) is 5.73 Å². The molecular formula is C11H22N2O2S. The summed E-state index contributed by atoms with van der Waals surface area (Å²) in [6, 6.07) is 0.261. The largest absolute Gasteiger partial charge is 0.330 e. The molecule has 2 N–H and O–H groups in total. The Morgan fingerprint density at radius 1 is 1.12 bits per heavy atom. The Balaban J connectivity index is 2.06. The van der Waals surface area contributed by atoms with Gasteiger partial charge in [-0.1, -0.05) is 12.8 Å². The summed E-state index contributed by atoms with van der Waals surface area (Å²) in [5, 5.41) is -0.0779. The quantitative estimate of drug-likeness (QED) is 0.762. The Hall–Kier alpha value is -0.130. The van der Waals surface area contributed by atoms with Crippen LogP contribution in [0.3, 0.4) is 0 Å². The predicted molar refractivity (Wildman–Crippen MR) is 64.6 cm³/mol. The monoisotopic (exact) mass is 246 g/mol. The van der Waals surface area contributed by atoms with Crippen LogP contribution in [0, 0.1) is 0 Å². The zero-order valence-electron chi connectivity index (χ0n) is 9.77. The van der Waals surface area contributed by atoms with Crippen molar-refractivity contribution in [3.05, 3.63) is 0 Å². The average Bonchev–Trinajstić information content (AvgIpc) is 2.99. The van der Waals surface area contributed by atoms with Crippen LogP contribution in [0.25, 0.3) is 0 Å². The van der Waals surface area contributed by atoms with Crippen LogP contribution in [0.15, 0.2) is 0 Å². The molecule has 2 saturated carbocycles. The molecule has 0 atom stereocenters. The van der Waals surface area contributed by atoms with Crippen LogP contribution in [0.2, 0.25) is 0 Å². The van der Waals surface area contributed by atoms with Crippen LogP contribution in [0.1, 0.15) is 44.9 Å². The van der Waals surface area contributed by atoms with E-state index in [1.807, 2.05) is 0 Å². The van der Waals surface area contributed by atoms with E-state index in [2.05, 4.69) is 0 Å². The van der Waals surface area contributed by atoms with Crippen LogP contribution in [0.5, 0.6) is 0 Å². The van der Waals surface area contributed by atoms with Gasteiger partial charge in [0.2, 0.25) is 10.0 Å². The summed E-state index contributed by atoms with van der Waals surface area (Å²) in [6.45, 7) is 1.20. The summed E-state index contributed by atoms with van der Waals surface area (Å²) in [5.74, 6) is 0. The second-order valence-corrected chi connectivity index (χ2v) is 7.10. The third-order valence-corrected chi connectivity index (χ3v) is 6.04. The third kappa shape index (κ3) is 2.57. The highest BCUT2D eigenvalue weighted by Crippen LogP contribution is 2.35. The molecule has 0 aliphatic heterocycles. The Kier molecular flexibility index (Phi) is 3.87. The van der Waals surface area contributed by atoms with Gasteiger partial charge < -0.3 is 5.73 Å². The van der Waals surface area contributed by atoms with E-state index in [4.69, 9.17) is 5.73 Å². The van der Waals surface area contributed by atoms with Crippen molar-refractivity contribution in [1.29, 1.82) is 0 Å². The highest BCUT2D eigenvalue weighted by atomic mass is 32.2. The number of hydrogen-bond donors (Lipinski definition) is 1. The third-order valence-electron chi connectivity index (χ3n) is 3.59. The van der Waals surface area contributed by atoms with Crippen molar-refractivity contribution < 1.29 is 8.42 Å². The first-order valence-corrected chi connectivity index (χ1v) is 7.87. The summed E-state index contributed by atoms with van der Waals surface area (Å²) < 4.78 is 26.3. The van der Waals surface area contributed by atoms with Gasteiger partial charge in [-0.25, -0.2) is 8.42 Å². The molecule has 0 amide bonds. The molecule has 0 aromatic carbocycles. The van der Waals surface area contributed by atoms with Crippen molar-refractivity contribution in [2.75, 3.05) is 13.1 Å². The molecule has 0 heterocycles. The van der Waals surface area contributed by atoms with Gasteiger partial charge in [-0.15, -0.1) is 0 Å². The second-order valence-electron chi connectivity index (χ2n) is 4.94. The Morgan fingerprint density at radius 2 is 1.75 bits per heavy atom. The first-order valence-electron chi connectivity index (χ1n) is 6.37. The van der Waals surface area contributed by atoms with E-state index in [0.717, 1.165) is 32.1 Å². The molecule has 2 aliphatic rings. The maximum Gasteiger partial charge on any atom is 0.217 e. The number of rotatable bonds is 6. The first kappa shape index (κ1) is 12.3. The number of sulfonamides is 1. The SMILES string of the molecule is NCCCN(C1CCCC1)S(=O)(=O)C1CC1. The fourth-order valence-corrected chi connectivity index (χ4v) is 4.64. The molecule has 0 aromatic heterocycles. The lowest BCUT2D eigenvalue weighted by Crippen LogP contribution is -2.41. The van der Waals surface area contributed by atoms with Crippen molar-refractivity contribution in [3.63, 3.8) is 0 Å². The summed E-state index contributed by atoms with van der Waals surface area (Å²) in [5.41, 5.74) is 5.49. The van der Waals surface area contributed by atoms with E-state index in [-0.39, 0.29) is 11.3 Å². The molecule has 0 unspecified atom stereocenters. The minimum absolute atomic E-state index is 0.0779. The van der Waals surface area contributed by atoms with E-state index in [1.165, 1.54) is 12.8 Å². The maximum absolute atomic E-state index is 12.3. The van der Waals surface area contributed by atoms with Gasteiger partial charge in [-0.3, -0.25) is 0 Å². The average molecular weight is 246 g/mol. The molecule has 5 heteroatoms. The highest BCUT2D eigenvalue weighted by molar-refractivity contribution is 7.90. The molecule has 2 rings (SSSR count). The summed E-state index contributed by atoms with van der Waals surface area (Å²) >= 11 is 0. The lowest BCUT2D eigenvalue weighted by atomic mass is 10.2. The summed E-state index contributed by atoms with van der Waals surface area (Å²) in [4.78, 5) is 0. The molecule has 2 aliphatic carbocycles. The van der Waals surface area contributed by atoms with Gasteiger partial charge in [0.25, 0.3) is 0 Å². The van der Waals surface area contributed by atoms with E-state index >= 15 is 0 Å². The molecule has 0 radical (unpaired) electrons. The van der Waals surface area contributed by atoms with Gasteiger partial charge in [0, 0.05) is 12.6 Å². The number of nitrogens with two attached hydrogens (primary N) is 1. The van der Waals surface area contributed by atoms with E-state index in [0.29, 0.717) is 13.1 Å². The Labute approximate surface area is 98.2 Å². The van der Waals surface area contributed by atoms with Crippen molar-refractivity contribution in [3.8, 4) is 0 Å². The standard InChI is InChI=1S/C11H22N2O2S/c12-8-3-9-13(10-4-1-2-5-10)16(14,15)11-6-7-11/h10-11H,1-9,12H2. The first-order chi connectivity index (χ1) is 7.66. The van der Waals surface area contributed by atoms with Gasteiger partial charge in [-0.2, -0.15) is 4.31 Å². The van der Waals surface area contributed by atoms with Gasteiger partial charge >= 0.3 is 0 Å². The van der Waals surface area contributed by atoms with Crippen molar-refractivity contribution in [1.82, 2.24) is 4.31 Å². The normalized spacial score (nSPS) is 23.1. The zero-order valence-corrected chi connectivity index (χ0v) is 10.6. The second kappa shape index (κ2) is 5.02. The van der Waals surface area contributed by atoms with Crippen LogP contribution >= 0.6 is 0 Å². The van der Waals surface area contributed by atoms with Gasteiger partial charge in [0.15, 0.2) is 0 Å². The topological polar surface area (TPSA) is 63.4 Å². The predicted octanol–water partition coefficient (Wildman–Crippen LogP) is 1.07. The summed E-state index contributed by atoms with van der Waals surface area (Å²) in [7, 11) is -3.01. The molecular weight excluding hydrogens is 224 g/mol. The molecule has 94 valence electrons. The Morgan fingerprint density at radius 3 is 2.25 bits per heavy atom. The van der Waals surface area contributed by atoms with Crippen LogP contribution in [0.4, 0.5) is 0 Å². The van der Waals surface area contributed by atoms with Gasteiger partial charge in [0.1, 0.15) is 0 Å². The molecule has 4 nitrogen and oxygen atoms in total. The van der Waals surface area contributed by atoms with Gasteiger partial charge in [-0.05, 0) is 38.6 Å². The highest BCUT2D eigenvalue weighted by Gasteiger charge is 2.42. The van der Waals surface area contributed by atoms with E-state index in [1.54, 1.807) is 4.31 Å². The zero-order chi connectivity index (χ0) is 11.6. The fraction of sp³-hybridized carbons (Fsp3) is 1.00. The molecule has 0 saturated heterocycles.